The SMILES string of the molecule is Cc1nc(CNC(=O)N(C)C[C@H]2CC(=O)N(C3CCCC3)C2)no1. The molecule has 0 aromatic carbocycles. The van der Waals surface area contributed by atoms with Gasteiger partial charge in [0.25, 0.3) is 0 Å². The zero-order valence-corrected chi connectivity index (χ0v) is 14.3. The third-order valence-corrected chi connectivity index (χ3v) is 4.85. The molecular formula is C16H25N5O3. The van der Waals surface area contributed by atoms with Crippen LogP contribution in [-0.4, -0.2) is 58.1 Å². The summed E-state index contributed by atoms with van der Waals surface area (Å²) in [5.74, 6) is 1.38. The van der Waals surface area contributed by atoms with Gasteiger partial charge >= 0.3 is 6.03 Å². The number of urea groups is 1. The Bertz CT molecular complexity index is 596. The number of carbonyl (C=O) groups is 2. The Balaban J connectivity index is 1.45. The molecule has 0 bridgehead atoms. The summed E-state index contributed by atoms with van der Waals surface area (Å²) in [4.78, 5) is 32.1. The summed E-state index contributed by atoms with van der Waals surface area (Å²) in [6.45, 7) is 3.28. The summed E-state index contributed by atoms with van der Waals surface area (Å²) in [6, 6.07) is 0.229. The molecule has 132 valence electrons. The highest BCUT2D eigenvalue weighted by Gasteiger charge is 2.36. The standard InChI is InChI=1S/C16H25N5O3/c1-11-18-14(19-24-11)8-17-16(23)20(2)9-12-7-15(22)21(10-12)13-5-3-4-6-13/h12-13H,3-10H2,1-2H3,(H,17,23)/t12-/m1/s1. The molecule has 1 aliphatic heterocycles. The lowest BCUT2D eigenvalue weighted by Crippen LogP contribution is -2.40. The van der Waals surface area contributed by atoms with Crippen molar-refractivity contribution in [2.24, 2.45) is 5.92 Å². The topological polar surface area (TPSA) is 91.6 Å². The number of hydrogen-bond acceptors (Lipinski definition) is 5. The van der Waals surface area contributed by atoms with Gasteiger partial charge in [-0.15, -0.1) is 0 Å². The van der Waals surface area contributed by atoms with Crippen LogP contribution >= 0.6 is 0 Å². The number of aromatic nitrogens is 2. The van der Waals surface area contributed by atoms with E-state index in [4.69, 9.17) is 4.52 Å². The molecule has 2 aliphatic rings. The summed E-state index contributed by atoms with van der Waals surface area (Å²) >= 11 is 0. The Morgan fingerprint density at radius 2 is 2.17 bits per heavy atom. The molecule has 2 heterocycles. The van der Waals surface area contributed by atoms with Gasteiger partial charge in [-0.25, -0.2) is 4.79 Å². The van der Waals surface area contributed by atoms with Crippen molar-refractivity contribution in [1.82, 2.24) is 25.3 Å². The second-order valence-corrected chi connectivity index (χ2v) is 6.82. The van der Waals surface area contributed by atoms with Crippen molar-refractivity contribution in [3.8, 4) is 0 Å². The number of rotatable bonds is 5. The van der Waals surface area contributed by atoms with E-state index in [2.05, 4.69) is 15.5 Å². The Morgan fingerprint density at radius 3 is 2.83 bits per heavy atom. The first-order valence-electron chi connectivity index (χ1n) is 8.60. The van der Waals surface area contributed by atoms with Crippen molar-refractivity contribution in [3.05, 3.63) is 11.7 Å². The maximum Gasteiger partial charge on any atom is 0.317 e. The predicted molar refractivity (Wildman–Crippen MR) is 86.0 cm³/mol. The molecule has 0 spiro atoms. The first-order chi connectivity index (χ1) is 11.5. The first kappa shape index (κ1) is 16.7. The lowest BCUT2D eigenvalue weighted by molar-refractivity contribution is -0.129. The third-order valence-electron chi connectivity index (χ3n) is 4.85. The summed E-state index contributed by atoms with van der Waals surface area (Å²) in [6.07, 6.45) is 5.23. The highest BCUT2D eigenvalue weighted by atomic mass is 16.5. The summed E-state index contributed by atoms with van der Waals surface area (Å²) in [7, 11) is 1.75. The Hall–Kier alpha value is -2.12. The fourth-order valence-electron chi connectivity index (χ4n) is 3.67. The number of hydrogen-bond donors (Lipinski definition) is 1. The maximum absolute atomic E-state index is 12.2. The average molecular weight is 335 g/mol. The number of nitrogens with one attached hydrogen (secondary N) is 1. The largest absolute Gasteiger partial charge is 0.340 e. The minimum atomic E-state index is -0.191. The van der Waals surface area contributed by atoms with Gasteiger partial charge in [0.1, 0.15) is 0 Å². The Labute approximate surface area is 141 Å². The van der Waals surface area contributed by atoms with Gasteiger partial charge in [0.2, 0.25) is 11.8 Å². The molecule has 1 saturated carbocycles. The molecule has 8 heteroatoms. The Kier molecular flexibility index (Phi) is 5.01. The minimum absolute atomic E-state index is 0.191. The van der Waals surface area contributed by atoms with Crippen LogP contribution in [0.3, 0.4) is 0 Å². The number of nitrogens with zero attached hydrogens (tertiary/aromatic N) is 4. The summed E-state index contributed by atoms with van der Waals surface area (Å²) < 4.78 is 4.87. The van der Waals surface area contributed by atoms with Crippen molar-refractivity contribution < 1.29 is 14.1 Å². The molecule has 0 radical (unpaired) electrons. The van der Waals surface area contributed by atoms with E-state index in [9.17, 15) is 9.59 Å². The number of likely N-dealkylation sites (tertiary alicyclic amines) is 1. The van der Waals surface area contributed by atoms with E-state index in [1.54, 1.807) is 18.9 Å². The van der Waals surface area contributed by atoms with Crippen LogP contribution in [0.4, 0.5) is 4.79 Å². The van der Waals surface area contributed by atoms with Crippen molar-refractivity contribution >= 4 is 11.9 Å². The Morgan fingerprint density at radius 1 is 1.42 bits per heavy atom. The molecule has 1 aliphatic carbocycles. The van der Waals surface area contributed by atoms with Crippen LogP contribution in [0.2, 0.25) is 0 Å². The van der Waals surface area contributed by atoms with Crippen LogP contribution in [-0.2, 0) is 11.3 Å². The van der Waals surface area contributed by atoms with Crippen LogP contribution in [0.1, 0.15) is 43.8 Å². The van der Waals surface area contributed by atoms with Crippen LogP contribution in [0, 0.1) is 12.8 Å². The number of carbonyl (C=O) groups excluding carboxylic acids is 2. The average Bonchev–Trinajstić information content (AvgIpc) is 3.26. The predicted octanol–water partition coefficient (Wildman–Crippen LogP) is 1.31. The highest BCUT2D eigenvalue weighted by Crippen LogP contribution is 2.29. The van der Waals surface area contributed by atoms with Gasteiger partial charge in [-0.1, -0.05) is 18.0 Å². The van der Waals surface area contributed by atoms with E-state index in [0.717, 1.165) is 19.4 Å². The summed E-state index contributed by atoms with van der Waals surface area (Å²) in [5.41, 5.74) is 0. The van der Waals surface area contributed by atoms with E-state index in [0.29, 0.717) is 30.7 Å². The van der Waals surface area contributed by atoms with Crippen LogP contribution in [0.25, 0.3) is 0 Å². The number of aryl methyl sites for hydroxylation is 1. The molecule has 2 fully saturated rings. The monoisotopic (exact) mass is 335 g/mol. The van der Waals surface area contributed by atoms with Gasteiger partial charge in [-0.2, -0.15) is 4.98 Å². The molecule has 1 aromatic rings. The normalized spacial score (nSPS) is 21.5. The van der Waals surface area contributed by atoms with Gasteiger partial charge in [0, 0.05) is 45.4 Å². The molecule has 1 N–H and O–H groups in total. The molecule has 1 aromatic heterocycles. The second kappa shape index (κ2) is 7.19. The van der Waals surface area contributed by atoms with Crippen molar-refractivity contribution in [1.29, 1.82) is 0 Å². The van der Waals surface area contributed by atoms with Crippen LogP contribution < -0.4 is 5.32 Å². The zero-order valence-electron chi connectivity index (χ0n) is 14.3. The lowest BCUT2D eigenvalue weighted by atomic mass is 10.1. The van der Waals surface area contributed by atoms with Crippen molar-refractivity contribution in [2.45, 2.75) is 51.6 Å². The van der Waals surface area contributed by atoms with E-state index in [-0.39, 0.29) is 24.4 Å². The van der Waals surface area contributed by atoms with E-state index < -0.39 is 0 Å². The van der Waals surface area contributed by atoms with Crippen molar-refractivity contribution in [3.63, 3.8) is 0 Å². The van der Waals surface area contributed by atoms with Gasteiger partial charge < -0.3 is 19.6 Å². The fourth-order valence-corrected chi connectivity index (χ4v) is 3.67. The van der Waals surface area contributed by atoms with E-state index in [1.165, 1.54) is 12.8 Å². The van der Waals surface area contributed by atoms with Gasteiger partial charge in [0.15, 0.2) is 5.82 Å². The maximum atomic E-state index is 12.2. The minimum Gasteiger partial charge on any atom is -0.340 e. The van der Waals surface area contributed by atoms with Crippen molar-refractivity contribution in [2.75, 3.05) is 20.1 Å². The van der Waals surface area contributed by atoms with Gasteiger partial charge in [0.05, 0.1) is 6.54 Å². The van der Waals surface area contributed by atoms with Gasteiger partial charge in [-0.05, 0) is 12.8 Å². The molecule has 24 heavy (non-hydrogen) atoms. The quantitative estimate of drug-likeness (QED) is 0.876. The molecular weight excluding hydrogens is 310 g/mol. The molecule has 3 amide bonds. The summed E-state index contributed by atoms with van der Waals surface area (Å²) in [5, 5.41) is 6.51. The lowest BCUT2D eigenvalue weighted by Gasteiger charge is -2.25. The fraction of sp³-hybridized carbons (Fsp3) is 0.750. The second-order valence-electron chi connectivity index (χ2n) is 6.82. The van der Waals surface area contributed by atoms with Crippen LogP contribution in [0.15, 0.2) is 4.52 Å². The number of amides is 3. The molecule has 1 saturated heterocycles. The smallest absolute Gasteiger partial charge is 0.317 e. The van der Waals surface area contributed by atoms with Gasteiger partial charge in [-0.3, -0.25) is 4.79 Å². The molecule has 1 atom stereocenters. The first-order valence-corrected chi connectivity index (χ1v) is 8.60. The zero-order chi connectivity index (χ0) is 17.1. The third kappa shape index (κ3) is 3.85. The van der Waals surface area contributed by atoms with Crippen LogP contribution in [0.5, 0.6) is 0 Å². The van der Waals surface area contributed by atoms with E-state index in [1.807, 2.05) is 4.90 Å². The van der Waals surface area contributed by atoms with E-state index >= 15 is 0 Å². The molecule has 0 unspecified atom stereocenters. The molecule has 3 rings (SSSR count). The molecule has 8 nitrogen and oxygen atoms in total. The highest BCUT2D eigenvalue weighted by molar-refractivity contribution is 5.79.